The van der Waals surface area contributed by atoms with Crippen LogP contribution in [0.25, 0.3) is 0 Å². The third-order valence-electron chi connectivity index (χ3n) is 2.70. The third-order valence-corrected chi connectivity index (χ3v) is 2.70. The van der Waals surface area contributed by atoms with Crippen LogP contribution < -0.4 is 16.2 Å². The quantitative estimate of drug-likeness (QED) is 0.787. The van der Waals surface area contributed by atoms with Gasteiger partial charge >= 0.3 is 6.03 Å². The average molecular weight is 272 g/mol. The molecule has 0 aliphatic heterocycles. The predicted molar refractivity (Wildman–Crippen MR) is 76.8 cm³/mol. The first-order valence-electron chi connectivity index (χ1n) is 6.29. The van der Waals surface area contributed by atoms with Crippen LogP contribution in [-0.4, -0.2) is 22.8 Å². The second-order valence-corrected chi connectivity index (χ2v) is 4.43. The van der Waals surface area contributed by atoms with Crippen LogP contribution in [0.1, 0.15) is 11.1 Å². The monoisotopic (exact) mass is 272 g/mol. The first-order valence-corrected chi connectivity index (χ1v) is 6.29. The Hall–Kier alpha value is -2.63. The van der Waals surface area contributed by atoms with Gasteiger partial charge in [-0.2, -0.15) is 5.10 Å². The summed E-state index contributed by atoms with van der Waals surface area (Å²) in [4.78, 5) is 22.4. The van der Waals surface area contributed by atoms with Crippen LogP contribution in [0.3, 0.4) is 0 Å². The van der Waals surface area contributed by atoms with Crippen LogP contribution >= 0.6 is 0 Å². The zero-order chi connectivity index (χ0) is 14.4. The van der Waals surface area contributed by atoms with Gasteiger partial charge in [-0.15, -0.1) is 0 Å². The van der Waals surface area contributed by atoms with E-state index in [9.17, 15) is 9.59 Å². The topological polar surface area (TPSA) is 86.9 Å². The molecule has 3 N–H and O–H groups in total. The highest BCUT2D eigenvalue weighted by Crippen LogP contribution is 2.04. The molecule has 2 rings (SSSR count). The Balaban J connectivity index is 1.78. The van der Waals surface area contributed by atoms with E-state index >= 15 is 0 Å². The van der Waals surface area contributed by atoms with E-state index in [1.54, 1.807) is 0 Å². The number of carbonyl (C=O) groups is 1. The summed E-state index contributed by atoms with van der Waals surface area (Å²) in [7, 11) is 0. The van der Waals surface area contributed by atoms with Crippen molar-refractivity contribution in [1.29, 1.82) is 0 Å². The Morgan fingerprint density at radius 3 is 2.85 bits per heavy atom. The summed E-state index contributed by atoms with van der Waals surface area (Å²) < 4.78 is 0. The summed E-state index contributed by atoms with van der Waals surface area (Å²) in [6.07, 6.45) is 0.758. The molecule has 1 aromatic heterocycles. The SMILES string of the molecule is Cc1cccc(CCNC(=O)Nc2ccc(=O)[nH]n2)c1. The van der Waals surface area contributed by atoms with Crippen molar-refractivity contribution in [3.05, 3.63) is 57.9 Å². The number of aromatic nitrogens is 2. The maximum absolute atomic E-state index is 11.6. The van der Waals surface area contributed by atoms with Crippen molar-refractivity contribution in [3.63, 3.8) is 0 Å². The number of aryl methyl sites for hydroxylation is 1. The zero-order valence-corrected chi connectivity index (χ0v) is 11.1. The molecule has 0 aliphatic rings. The van der Waals surface area contributed by atoms with Crippen LogP contribution in [0.15, 0.2) is 41.2 Å². The van der Waals surface area contributed by atoms with Gasteiger partial charge in [-0.3, -0.25) is 10.1 Å². The highest BCUT2D eigenvalue weighted by molar-refractivity contribution is 5.87. The minimum atomic E-state index is -0.350. The van der Waals surface area contributed by atoms with E-state index in [0.29, 0.717) is 12.4 Å². The molecule has 0 radical (unpaired) electrons. The highest BCUT2D eigenvalue weighted by atomic mass is 16.2. The number of nitrogens with zero attached hydrogens (tertiary/aromatic N) is 1. The summed E-state index contributed by atoms with van der Waals surface area (Å²) in [6.45, 7) is 2.56. The first kappa shape index (κ1) is 13.8. The summed E-state index contributed by atoms with van der Waals surface area (Å²) in [5, 5.41) is 11.2. The molecule has 0 spiro atoms. The molecule has 0 saturated carbocycles. The zero-order valence-electron chi connectivity index (χ0n) is 11.1. The number of carbonyl (C=O) groups excluding carboxylic acids is 1. The van der Waals surface area contributed by atoms with Crippen LogP contribution in [0.2, 0.25) is 0 Å². The van der Waals surface area contributed by atoms with Gasteiger partial charge in [-0.1, -0.05) is 29.8 Å². The Bertz CT molecular complexity index is 631. The highest BCUT2D eigenvalue weighted by Gasteiger charge is 2.02. The van der Waals surface area contributed by atoms with Crippen LogP contribution in [0.4, 0.5) is 10.6 Å². The van der Waals surface area contributed by atoms with Crippen molar-refractivity contribution in [2.24, 2.45) is 0 Å². The molecule has 1 aromatic carbocycles. The number of benzene rings is 1. The Kier molecular flexibility index (Phi) is 4.49. The second-order valence-electron chi connectivity index (χ2n) is 4.43. The van der Waals surface area contributed by atoms with Crippen LogP contribution in [-0.2, 0) is 6.42 Å². The smallest absolute Gasteiger partial charge is 0.320 e. The Morgan fingerprint density at radius 1 is 1.30 bits per heavy atom. The van der Waals surface area contributed by atoms with E-state index in [4.69, 9.17) is 0 Å². The predicted octanol–water partition coefficient (Wildman–Crippen LogP) is 1.44. The fraction of sp³-hybridized carbons (Fsp3) is 0.214. The van der Waals surface area contributed by atoms with E-state index in [1.165, 1.54) is 23.3 Å². The van der Waals surface area contributed by atoms with E-state index in [1.807, 2.05) is 25.1 Å². The van der Waals surface area contributed by atoms with Gasteiger partial charge in [0.05, 0.1) is 0 Å². The lowest BCUT2D eigenvalue weighted by Crippen LogP contribution is -2.31. The molecule has 0 saturated heterocycles. The van der Waals surface area contributed by atoms with Gasteiger partial charge in [0.1, 0.15) is 0 Å². The molecule has 0 bridgehead atoms. The van der Waals surface area contributed by atoms with Gasteiger partial charge in [0.2, 0.25) is 0 Å². The number of anilines is 1. The first-order chi connectivity index (χ1) is 9.63. The van der Waals surface area contributed by atoms with Gasteiger partial charge in [-0.05, 0) is 25.0 Å². The Labute approximate surface area is 116 Å². The fourth-order valence-electron chi connectivity index (χ4n) is 1.76. The summed E-state index contributed by atoms with van der Waals surface area (Å²) >= 11 is 0. The minimum Gasteiger partial charge on any atom is -0.337 e. The molecule has 1 heterocycles. The fourth-order valence-corrected chi connectivity index (χ4v) is 1.76. The molecule has 0 aliphatic carbocycles. The normalized spacial score (nSPS) is 10.1. The number of aromatic amines is 1. The molecule has 6 heteroatoms. The van der Waals surface area contributed by atoms with Crippen molar-refractivity contribution >= 4 is 11.8 Å². The van der Waals surface area contributed by atoms with Gasteiger partial charge in [0.15, 0.2) is 5.82 Å². The van der Waals surface area contributed by atoms with Crippen molar-refractivity contribution in [1.82, 2.24) is 15.5 Å². The minimum absolute atomic E-state index is 0.303. The number of nitrogens with one attached hydrogen (secondary N) is 3. The standard InChI is InChI=1S/C14H16N4O2/c1-10-3-2-4-11(9-10)7-8-15-14(20)16-12-5-6-13(19)18-17-12/h2-6,9H,7-8H2,1H3,(H,18,19)(H2,15,16,17,20). The molecular weight excluding hydrogens is 256 g/mol. The lowest BCUT2D eigenvalue weighted by atomic mass is 10.1. The van der Waals surface area contributed by atoms with Crippen LogP contribution in [0.5, 0.6) is 0 Å². The molecule has 20 heavy (non-hydrogen) atoms. The molecule has 0 fully saturated rings. The maximum Gasteiger partial charge on any atom is 0.320 e. The number of amides is 2. The Morgan fingerprint density at radius 2 is 2.15 bits per heavy atom. The van der Waals surface area contributed by atoms with E-state index in [0.717, 1.165) is 6.42 Å². The van der Waals surface area contributed by atoms with Crippen molar-refractivity contribution in [2.45, 2.75) is 13.3 Å². The molecule has 6 nitrogen and oxygen atoms in total. The van der Waals surface area contributed by atoms with E-state index < -0.39 is 0 Å². The molecule has 2 aromatic rings. The molecule has 0 unspecified atom stereocenters. The maximum atomic E-state index is 11.6. The summed E-state index contributed by atoms with van der Waals surface area (Å²) in [5.74, 6) is 0.303. The van der Waals surface area contributed by atoms with Gasteiger partial charge in [0.25, 0.3) is 5.56 Å². The number of hydrogen-bond acceptors (Lipinski definition) is 3. The number of rotatable bonds is 4. The van der Waals surface area contributed by atoms with Gasteiger partial charge in [0, 0.05) is 12.6 Å². The largest absolute Gasteiger partial charge is 0.337 e. The third kappa shape index (κ3) is 4.24. The summed E-state index contributed by atoms with van der Waals surface area (Å²) in [6, 6.07) is 10.5. The number of H-pyrrole nitrogens is 1. The lowest BCUT2D eigenvalue weighted by Gasteiger charge is -2.07. The molecular formula is C14H16N4O2. The van der Waals surface area contributed by atoms with Gasteiger partial charge < -0.3 is 5.32 Å². The van der Waals surface area contributed by atoms with Crippen molar-refractivity contribution in [3.8, 4) is 0 Å². The number of urea groups is 1. The molecule has 0 atom stereocenters. The van der Waals surface area contributed by atoms with Crippen molar-refractivity contribution < 1.29 is 4.79 Å². The van der Waals surface area contributed by atoms with E-state index in [-0.39, 0.29) is 11.6 Å². The van der Waals surface area contributed by atoms with Gasteiger partial charge in [-0.25, -0.2) is 9.89 Å². The molecule has 104 valence electrons. The van der Waals surface area contributed by atoms with Crippen molar-refractivity contribution in [2.75, 3.05) is 11.9 Å². The summed E-state index contributed by atoms with van der Waals surface area (Å²) in [5.41, 5.74) is 2.06. The number of hydrogen-bond donors (Lipinski definition) is 3. The average Bonchev–Trinajstić information content (AvgIpc) is 2.41. The second kappa shape index (κ2) is 6.51. The van der Waals surface area contributed by atoms with E-state index in [2.05, 4.69) is 26.9 Å². The lowest BCUT2D eigenvalue weighted by molar-refractivity contribution is 0.252. The van der Waals surface area contributed by atoms with Crippen LogP contribution in [0, 0.1) is 6.92 Å². The molecule has 2 amide bonds.